The highest BCUT2D eigenvalue weighted by molar-refractivity contribution is 6.01. The molecule has 1 fully saturated rings. The third-order valence-electron chi connectivity index (χ3n) is 4.25. The normalized spacial score (nSPS) is 18.0. The molecule has 0 spiro atoms. The summed E-state index contributed by atoms with van der Waals surface area (Å²) in [5.41, 5.74) is 2.18. The molecular weight excluding hydrogens is 276 g/mol. The summed E-state index contributed by atoms with van der Waals surface area (Å²) in [5.74, 6) is 1.17. The molecule has 1 aromatic rings. The quantitative estimate of drug-likeness (QED) is 0.679. The van der Waals surface area contributed by atoms with Crippen LogP contribution in [0.25, 0.3) is 0 Å². The number of guanidine groups is 1. The van der Waals surface area contributed by atoms with E-state index in [2.05, 4.69) is 17.1 Å². The Bertz CT molecular complexity index is 564. The van der Waals surface area contributed by atoms with Crippen molar-refractivity contribution in [1.82, 2.24) is 10.2 Å². The minimum absolute atomic E-state index is 0.183. The summed E-state index contributed by atoms with van der Waals surface area (Å²) in [4.78, 5) is 21.0. The summed E-state index contributed by atoms with van der Waals surface area (Å²) < 4.78 is 0. The average Bonchev–Trinajstić information content (AvgIpc) is 3.15. The summed E-state index contributed by atoms with van der Waals surface area (Å²) in [5, 5.41) is 3.35. The number of likely N-dealkylation sites (tertiary alicyclic amines) is 1. The van der Waals surface area contributed by atoms with Gasteiger partial charge in [-0.1, -0.05) is 18.2 Å². The smallest absolute Gasteiger partial charge is 0.231 e. The maximum absolute atomic E-state index is 12.1. The van der Waals surface area contributed by atoms with E-state index in [9.17, 15) is 4.79 Å². The molecule has 1 aromatic carbocycles. The number of aliphatic imine (C=N–C) groups is 1. The first-order valence-electron chi connectivity index (χ1n) is 8.21. The van der Waals surface area contributed by atoms with Crippen LogP contribution in [-0.2, 0) is 11.2 Å². The Balaban J connectivity index is 1.63. The van der Waals surface area contributed by atoms with Crippen LogP contribution in [0.2, 0.25) is 0 Å². The number of carbonyl (C=O) groups is 1. The Kier molecular flexibility index (Phi) is 4.61. The fraction of sp³-hybridized carbons (Fsp3) is 0.529. The molecule has 0 bridgehead atoms. The SMILES string of the molecule is CCNC(=NCCN1C(=O)Cc2ccccc21)N1CCCC1. The van der Waals surface area contributed by atoms with E-state index in [-0.39, 0.29) is 5.91 Å². The molecule has 5 heteroatoms. The highest BCUT2D eigenvalue weighted by Gasteiger charge is 2.26. The van der Waals surface area contributed by atoms with Crippen LogP contribution in [0, 0.1) is 0 Å². The number of benzene rings is 1. The van der Waals surface area contributed by atoms with Crippen molar-refractivity contribution >= 4 is 17.6 Å². The maximum atomic E-state index is 12.1. The molecule has 2 heterocycles. The van der Waals surface area contributed by atoms with Crippen LogP contribution in [0.15, 0.2) is 29.3 Å². The van der Waals surface area contributed by atoms with E-state index in [0.29, 0.717) is 19.5 Å². The number of para-hydroxylation sites is 1. The van der Waals surface area contributed by atoms with E-state index >= 15 is 0 Å². The van der Waals surface area contributed by atoms with Gasteiger partial charge in [0.15, 0.2) is 5.96 Å². The first kappa shape index (κ1) is 14.9. The molecule has 0 aromatic heterocycles. The van der Waals surface area contributed by atoms with Crippen LogP contribution >= 0.6 is 0 Å². The first-order chi connectivity index (χ1) is 10.8. The minimum Gasteiger partial charge on any atom is -0.357 e. The molecule has 0 aliphatic carbocycles. The van der Waals surface area contributed by atoms with Gasteiger partial charge in [0, 0.05) is 31.9 Å². The minimum atomic E-state index is 0.183. The molecule has 5 nitrogen and oxygen atoms in total. The van der Waals surface area contributed by atoms with E-state index in [1.165, 1.54) is 12.8 Å². The lowest BCUT2D eigenvalue weighted by molar-refractivity contribution is -0.117. The molecule has 2 aliphatic heterocycles. The number of nitrogens with zero attached hydrogens (tertiary/aromatic N) is 3. The van der Waals surface area contributed by atoms with Crippen LogP contribution in [-0.4, -0.2) is 49.5 Å². The number of hydrogen-bond donors (Lipinski definition) is 1. The first-order valence-corrected chi connectivity index (χ1v) is 8.21. The number of carbonyl (C=O) groups excluding carboxylic acids is 1. The number of amides is 1. The molecule has 0 radical (unpaired) electrons. The van der Waals surface area contributed by atoms with Gasteiger partial charge in [-0.15, -0.1) is 0 Å². The average molecular weight is 300 g/mol. The van der Waals surface area contributed by atoms with Gasteiger partial charge >= 0.3 is 0 Å². The number of hydrogen-bond acceptors (Lipinski definition) is 2. The molecule has 2 aliphatic rings. The molecule has 0 unspecified atom stereocenters. The lowest BCUT2D eigenvalue weighted by Crippen LogP contribution is -2.40. The van der Waals surface area contributed by atoms with Gasteiger partial charge in [0.05, 0.1) is 13.0 Å². The summed E-state index contributed by atoms with van der Waals surface area (Å²) >= 11 is 0. The van der Waals surface area contributed by atoms with Gasteiger partial charge in [-0.05, 0) is 31.4 Å². The van der Waals surface area contributed by atoms with Crippen LogP contribution < -0.4 is 10.2 Å². The predicted octanol–water partition coefficient (Wildman–Crippen LogP) is 1.64. The Labute approximate surface area is 132 Å². The Morgan fingerprint density at radius 2 is 2.05 bits per heavy atom. The van der Waals surface area contributed by atoms with Gasteiger partial charge in [-0.3, -0.25) is 9.79 Å². The third kappa shape index (κ3) is 3.08. The second kappa shape index (κ2) is 6.81. The van der Waals surface area contributed by atoms with Crippen molar-refractivity contribution in [3.8, 4) is 0 Å². The van der Waals surface area contributed by atoms with Gasteiger partial charge < -0.3 is 15.1 Å². The second-order valence-electron chi connectivity index (χ2n) is 5.78. The van der Waals surface area contributed by atoms with Crippen molar-refractivity contribution in [3.05, 3.63) is 29.8 Å². The van der Waals surface area contributed by atoms with E-state index in [4.69, 9.17) is 4.99 Å². The third-order valence-corrected chi connectivity index (χ3v) is 4.25. The Morgan fingerprint density at radius 1 is 1.27 bits per heavy atom. The molecular formula is C17H24N4O. The molecule has 1 N–H and O–H groups in total. The molecule has 0 atom stereocenters. The number of rotatable bonds is 4. The molecule has 22 heavy (non-hydrogen) atoms. The Hall–Kier alpha value is -2.04. The predicted molar refractivity (Wildman–Crippen MR) is 89.3 cm³/mol. The van der Waals surface area contributed by atoms with Crippen molar-refractivity contribution in [3.63, 3.8) is 0 Å². The maximum Gasteiger partial charge on any atom is 0.231 e. The van der Waals surface area contributed by atoms with E-state index < -0.39 is 0 Å². The highest BCUT2D eigenvalue weighted by atomic mass is 16.2. The number of anilines is 1. The Morgan fingerprint density at radius 3 is 2.82 bits per heavy atom. The highest BCUT2D eigenvalue weighted by Crippen LogP contribution is 2.27. The molecule has 1 amide bonds. The monoisotopic (exact) mass is 300 g/mol. The zero-order valence-corrected chi connectivity index (χ0v) is 13.2. The van der Waals surface area contributed by atoms with E-state index in [0.717, 1.165) is 36.8 Å². The lowest BCUT2D eigenvalue weighted by Gasteiger charge is -2.21. The van der Waals surface area contributed by atoms with Gasteiger partial charge in [-0.2, -0.15) is 0 Å². The standard InChI is InChI=1S/C17H24N4O/c1-2-18-17(20-10-5-6-11-20)19-9-12-21-15-8-4-3-7-14(15)13-16(21)22/h3-4,7-8H,2,5-6,9-13H2,1H3,(H,18,19). The largest absolute Gasteiger partial charge is 0.357 e. The molecule has 3 rings (SSSR count). The fourth-order valence-electron chi connectivity index (χ4n) is 3.17. The molecule has 1 saturated heterocycles. The topological polar surface area (TPSA) is 47.9 Å². The number of fused-ring (bicyclic) bond motifs is 1. The molecule has 118 valence electrons. The van der Waals surface area contributed by atoms with Gasteiger partial charge in [0.25, 0.3) is 0 Å². The van der Waals surface area contributed by atoms with Crippen LogP contribution in [0.5, 0.6) is 0 Å². The van der Waals surface area contributed by atoms with Crippen molar-refractivity contribution in [2.75, 3.05) is 37.6 Å². The summed E-state index contributed by atoms with van der Waals surface area (Å²) in [6.07, 6.45) is 3.00. The van der Waals surface area contributed by atoms with Crippen LogP contribution in [0.1, 0.15) is 25.3 Å². The molecule has 0 saturated carbocycles. The summed E-state index contributed by atoms with van der Waals surface area (Å²) in [6.45, 7) is 6.42. The zero-order valence-electron chi connectivity index (χ0n) is 13.2. The van der Waals surface area contributed by atoms with Gasteiger partial charge in [0.2, 0.25) is 5.91 Å². The summed E-state index contributed by atoms with van der Waals surface area (Å²) in [6, 6.07) is 8.03. The number of nitrogens with one attached hydrogen (secondary N) is 1. The van der Waals surface area contributed by atoms with Crippen LogP contribution in [0.4, 0.5) is 5.69 Å². The summed E-state index contributed by atoms with van der Waals surface area (Å²) in [7, 11) is 0. The second-order valence-corrected chi connectivity index (χ2v) is 5.78. The van der Waals surface area contributed by atoms with Crippen molar-refractivity contribution in [2.24, 2.45) is 4.99 Å². The van der Waals surface area contributed by atoms with Crippen molar-refractivity contribution in [1.29, 1.82) is 0 Å². The van der Waals surface area contributed by atoms with Gasteiger partial charge in [-0.25, -0.2) is 0 Å². The van der Waals surface area contributed by atoms with Crippen molar-refractivity contribution in [2.45, 2.75) is 26.2 Å². The van der Waals surface area contributed by atoms with Crippen molar-refractivity contribution < 1.29 is 4.79 Å². The zero-order chi connectivity index (χ0) is 15.4. The van der Waals surface area contributed by atoms with E-state index in [1.54, 1.807) is 0 Å². The van der Waals surface area contributed by atoms with Gasteiger partial charge in [0.1, 0.15) is 0 Å². The lowest BCUT2D eigenvalue weighted by atomic mass is 10.2. The van der Waals surface area contributed by atoms with Crippen LogP contribution in [0.3, 0.4) is 0 Å². The van der Waals surface area contributed by atoms with E-state index in [1.807, 2.05) is 29.2 Å². The fourth-order valence-corrected chi connectivity index (χ4v) is 3.17.